The zero-order valence-corrected chi connectivity index (χ0v) is 7.24. The van der Waals surface area contributed by atoms with Crippen molar-refractivity contribution in [1.82, 2.24) is 4.98 Å². The van der Waals surface area contributed by atoms with Crippen LogP contribution in [0.3, 0.4) is 0 Å². The minimum Gasteiger partial charge on any atom is -0.445 e. The maximum absolute atomic E-state index is 5.40. The van der Waals surface area contributed by atoms with Gasteiger partial charge in [-0.15, -0.1) is 0 Å². The molecule has 0 saturated carbocycles. The lowest BCUT2D eigenvalue weighted by molar-refractivity contribution is 0.512. The number of alkyl halides is 2. The Kier molecular flexibility index (Phi) is 2.38. The first-order chi connectivity index (χ1) is 4.20. The second kappa shape index (κ2) is 2.90. The number of rotatable bonds is 1. The first-order valence-corrected chi connectivity index (χ1v) is 3.76. The van der Waals surface area contributed by atoms with Gasteiger partial charge in [0.1, 0.15) is 10.9 Å². The fraction of sp³-hybridized carbons (Fsp3) is 0.250. The van der Waals surface area contributed by atoms with Gasteiger partial charge in [-0.05, 0) is 15.9 Å². The molecule has 0 amide bonds. The van der Waals surface area contributed by atoms with Gasteiger partial charge < -0.3 is 4.42 Å². The Morgan fingerprint density at radius 3 is 2.56 bits per heavy atom. The molecule has 50 valence electrons. The smallest absolute Gasteiger partial charge is 0.228 e. The van der Waals surface area contributed by atoms with E-state index < -0.39 is 4.84 Å². The van der Waals surface area contributed by atoms with Crippen LogP contribution in [0.15, 0.2) is 15.3 Å². The summed E-state index contributed by atoms with van der Waals surface area (Å²) in [6.45, 7) is 0. The molecule has 0 bridgehead atoms. The van der Waals surface area contributed by atoms with Crippen molar-refractivity contribution >= 4 is 39.1 Å². The van der Waals surface area contributed by atoms with Crippen molar-refractivity contribution in [3.05, 3.63) is 16.8 Å². The summed E-state index contributed by atoms with van der Waals surface area (Å²) in [5.41, 5.74) is 0. The molecular formula is C4H2BrCl2NO. The van der Waals surface area contributed by atoms with E-state index in [0.29, 0.717) is 10.5 Å². The summed E-state index contributed by atoms with van der Waals surface area (Å²) < 4.78 is 5.40. The largest absolute Gasteiger partial charge is 0.445 e. The number of hydrogen-bond acceptors (Lipinski definition) is 2. The lowest BCUT2D eigenvalue weighted by atomic mass is 10.8. The molecule has 1 rings (SSSR count). The molecule has 0 aliphatic rings. The number of oxazole rings is 1. The van der Waals surface area contributed by atoms with E-state index in [1.165, 1.54) is 6.26 Å². The van der Waals surface area contributed by atoms with Gasteiger partial charge in [0.15, 0.2) is 4.84 Å². The topological polar surface area (TPSA) is 26.0 Å². The van der Waals surface area contributed by atoms with Gasteiger partial charge in [0.05, 0.1) is 0 Å². The van der Waals surface area contributed by atoms with Crippen molar-refractivity contribution in [3.63, 3.8) is 0 Å². The van der Waals surface area contributed by atoms with E-state index >= 15 is 0 Å². The third-order valence-corrected chi connectivity index (χ3v) is 1.42. The van der Waals surface area contributed by atoms with Crippen LogP contribution >= 0.6 is 39.1 Å². The Bertz CT molecular complexity index is 200. The SMILES string of the molecule is ClC(Cl)c1nc(Br)co1. The van der Waals surface area contributed by atoms with Crippen LogP contribution in [0.1, 0.15) is 10.7 Å². The Balaban J connectivity index is 2.85. The summed E-state index contributed by atoms with van der Waals surface area (Å²) in [5.74, 6) is 0.310. The molecule has 0 fully saturated rings. The van der Waals surface area contributed by atoms with E-state index in [2.05, 4.69) is 20.9 Å². The van der Waals surface area contributed by atoms with E-state index in [-0.39, 0.29) is 0 Å². The Labute approximate surface area is 70.3 Å². The van der Waals surface area contributed by atoms with Gasteiger partial charge in [0.2, 0.25) is 5.89 Å². The van der Waals surface area contributed by atoms with Gasteiger partial charge in [-0.1, -0.05) is 23.2 Å². The maximum atomic E-state index is 5.40. The second-order valence-corrected chi connectivity index (χ2v) is 3.22. The van der Waals surface area contributed by atoms with E-state index in [0.717, 1.165) is 0 Å². The standard InChI is InChI=1S/C4H2BrCl2NO/c5-2-1-9-4(8-2)3(6)7/h1,3H. The Morgan fingerprint density at radius 2 is 2.33 bits per heavy atom. The van der Waals surface area contributed by atoms with E-state index in [1.807, 2.05) is 0 Å². The minimum atomic E-state index is -0.684. The number of aromatic nitrogens is 1. The summed E-state index contributed by atoms with van der Waals surface area (Å²) >= 11 is 13.9. The normalized spacial score (nSPS) is 10.7. The molecule has 0 radical (unpaired) electrons. The van der Waals surface area contributed by atoms with Crippen LogP contribution in [-0.4, -0.2) is 4.98 Å². The fourth-order valence-corrected chi connectivity index (χ4v) is 0.836. The molecule has 1 heterocycles. The van der Waals surface area contributed by atoms with Crippen LogP contribution in [0, 0.1) is 0 Å². The highest BCUT2D eigenvalue weighted by Crippen LogP contribution is 2.24. The van der Waals surface area contributed by atoms with Crippen molar-refractivity contribution in [2.75, 3.05) is 0 Å². The fourth-order valence-electron chi connectivity index (χ4n) is 0.367. The molecular weight excluding hydrogens is 229 g/mol. The highest BCUT2D eigenvalue weighted by molar-refractivity contribution is 9.10. The first kappa shape index (κ1) is 7.38. The molecule has 0 aromatic carbocycles. The molecule has 0 saturated heterocycles. The highest BCUT2D eigenvalue weighted by atomic mass is 79.9. The number of halogens is 3. The van der Waals surface area contributed by atoms with E-state index in [1.54, 1.807) is 0 Å². The molecule has 2 nitrogen and oxygen atoms in total. The molecule has 0 atom stereocenters. The number of nitrogens with zero attached hydrogens (tertiary/aromatic N) is 1. The molecule has 0 spiro atoms. The van der Waals surface area contributed by atoms with Crippen molar-refractivity contribution in [2.45, 2.75) is 4.84 Å². The van der Waals surface area contributed by atoms with E-state index in [4.69, 9.17) is 27.6 Å². The average molecular weight is 231 g/mol. The Morgan fingerprint density at radius 1 is 1.67 bits per heavy atom. The minimum absolute atomic E-state index is 0.310. The van der Waals surface area contributed by atoms with Crippen molar-refractivity contribution < 1.29 is 4.42 Å². The molecule has 1 aromatic heterocycles. The molecule has 0 aliphatic heterocycles. The third kappa shape index (κ3) is 1.85. The lowest BCUT2D eigenvalue weighted by Crippen LogP contribution is -1.78. The summed E-state index contributed by atoms with van der Waals surface area (Å²) in [6, 6.07) is 0. The van der Waals surface area contributed by atoms with Crippen molar-refractivity contribution in [1.29, 1.82) is 0 Å². The summed E-state index contributed by atoms with van der Waals surface area (Å²) in [6.07, 6.45) is 1.42. The molecule has 5 heteroatoms. The molecule has 0 N–H and O–H groups in total. The first-order valence-electron chi connectivity index (χ1n) is 2.09. The number of hydrogen-bond donors (Lipinski definition) is 0. The highest BCUT2D eigenvalue weighted by Gasteiger charge is 2.08. The summed E-state index contributed by atoms with van der Waals surface area (Å²) in [5, 5.41) is 0. The quantitative estimate of drug-likeness (QED) is 0.694. The van der Waals surface area contributed by atoms with Crippen LogP contribution in [0.5, 0.6) is 0 Å². The van der Waals surface area contributed by atoms with Gasteiger partial charge in [-0.2, -0.15) is 0 Å². The van der Waals surface area contributed by atoms with Crippen LogP contribution in [-0.2, 0) is 0 Å². The van der Waals surface area contributed by atoms with Crippen molar-refractivity contribution in [2.24, 2.45) is 0 Å². The average Bonchev–Trinajstić information content (AvgIpc) is 2.14. The van der Waals surface area contributed by atoms with Crippen LogP contribution in [0.4, 0.5) is 0 Å². The van der Waals surface area contributed by atoms with Gasteiger partial charge in [0, 0.05) is 0 Å². The van der Waals surface area contributed by atoms with E-state index in [9.17, 15) is 0 Å². The Hall–Kier alpha value is 0.270. The zero-order valence-electron chi connectivity index (χ0n) is 4.14. The van der Waals surface area contributed by atoms with Gasteiger partial charge in [-0.3, -0.25) is 0 Å². The molecule has 9 heavy (non-hydrogen) atoms. The van der Waals surface area contributed by atoms with Gasteiger partial charge in [-0.25, -0.2) is 4.98 Å². The van der Waals surface area contributed by atoms with Gasteiger partial charge >= 0.3 is 0 Å². The second-order valence-electron chi connectivity index (χ2n) is 1.31. The van der Waals surface area contributed by atoms with Crippen molar-refractivity contribution in [3.8, 4) is 0 Å². The lowest BCUT2D eigenvalue weighted by Gasteiger charge is -1.88. The zero-order chi connectivity index (χ0) is 6.85. The summed E-state index contributed by atoms with van der Waals surface area (Å²) in [7, 11) is 0. The monoisotopic (exact) mass is 229 g/mol. The predicted octanol–water partition coefficient (Wildman–Crippen LogP) is 2.91. The maximum Gasteiger partial charge on any atom is 0.228 e. The van der Waals surface area contributed by atoms with Crippen LogP contribution in [0.25, 0.3) is 0 Å². The third-order valence-electron chi connectivity index (χ3n) is 0.681. The van der Waals surface area contributed by atoms with Crippen LogP contribution < -0.4 is 0 Å². The predicted molar refractivity (Wildman–Crippen MR) is 38.6 cm³/mol. The molecule has 0 aliphatic carbocycles. The van der Waals surface area contributed by atoms with Crippen LogP contribution in [0.2, 0.25) is 0 Å². The molecule has 0 unspecified atom stereocenters. The molecule has 1 aromatic rings. The summed E-state index contributed by atoms with van der Waals surface area (Å²) in [4.78, 5) is 3.11. The van der Waals surface area contributed by atoms with Gasteiger partial charge in [0.25, 0.3) is 0 Å².